The van der Waals surface area contributed by atoms with Crippen LogP contribution in [-0.2, 0) is 13.1 Å². The van der Waals surface area contributed by atoms with Gasteiger partial charge in [0.1, 0.15) is 0 Å². The molecule has 2 aromatic rings. The lowest BCUT2D eigenvalue weighted by molar-refractivity contribution is 0.0774. The van der Waals surface area contributed by atoms with Gasteiger partial charge in [-0.1, -0.05) is 48.7 Å². The summed E-state index contributed by atoms with van der Waals surface area (Å²) in [6.07, 6.45) is 0. The van der Waals surface area contributed by atoms with Crippen molar-refractivity contribution in [3.05, 3.63) is 47.0 Å². The smallest absolute Gasteiger partial charge is 0.0895 e. The van der Waals surface area contributed by atoms with Gasteiger partial charge in [-0.25, -0.2) is 0 Å². The predicted octanol–water partition coefficient (Wildman–Crippen LogP) is 2.56. The summed E-state index contributed by atoms with van der Waals surface area (Å²) in [4.78, 5) is 2.27. The van der Waals surface area contributed by atoms with Crippen LogP contribution in [0.3, 0.4) is 0 Å². The van der Waals surface area contributed by atoms with E-state index in [2.05, 4.69) is 40.5 Å². The van der Waals surface area contributed by atoms with Gasteiger partial charge in [-0.2, -0.15) is 0 Å². The van der Waals surface area contributed by atoms with E-state index in [1.165, 1.54) is 17.1 Å². The van der Waals surface area contributed by atoms with Gasteiger partial charge in [0.05, 0.1) is 12.3 Å². The van der Waals surface area contributed by atoms with Crippen LogP contribution in [0.5, 0.6) is 0 Å². The van der Waals surface area contributed by atoms with Crippen molar-refractivity contribution in [3.8, 4) is 0 Å². The molecule has 0 aliphatic rings. The van der Waals surface area contributed by atoms with Gasteiger partial charge in [-0.15, -0.1) is 5.10 Å². The highest BCUT2D eigenvalue weighted by atomic mass is 32.1. The van der Waals surface area contributed by atoms with Crippen molar-refractivity contribution in [2.75, 3.05) is 6.61 Å². The lowest BCUT2D eigenvalue weighted by Gasteiger charge is -2.32. The van der Waals surface area contributed by atoms with E-state index in [-0.39, 0.29) is 12.6 Å². The molecule has 0 saturated carbocycles. The Bertz CT molecular complexity index is 487. The SMILES string of the molecule is CC(C)C(CO)N(Cc1ccccc1)Cc1csnn1. The topological polar surface area (TPSA) is 49.2 Å². The zero-order valence-electron chi connectivity index (χ0n) is 11.9. The zero-order valence-corrected chi connectivity index (χ0v) is 12.8. The van der Waals surface area contributed by atoms with E-state index in [1.54, 1.807) is 0 Å². The average Bonchev–Trinajstić information content (AvgIpc) is 2.93. The van der Waals surface area contributed by atoms with Crippen molar-refractivity contribution in [1.82, 2.24) is 14.5 Å². The summed E-state index contributed by atoms with van der Waals surface area (Å²) in [6.45, 7) is 5.95. The number of hydrogen-bond acceptors (Lipinski definition) is 5. The maximum Gasteiger partial charge on any atom is 0.0895 e. The summed E-state index contributed by atoms with van der Waals surface area (Å²) < 4.78 is 3.91. The molecule has 0 aliphatic heterocycles. The highest BCUT2D eigenvalue weighted by Gasteiger charge is 2.22. The summed E-state index contributed by atoms with van der Waals surface area (Å²) in [7, 11) is 0. The third kappa shape index (κ3) is 4.10. The molecule has 1 atom stereocenters. The fraction of sp³-hybridized carbons (Fsp3) is 0.467. The Morgan fingerprint density at radius 1 is 1.20 bits per heavy atom. The molecule has 20 heavy (non-hydrogen) atoms. The summed E-state index contributed by atoms with van der Waals surface area (Å²) in [6, 6.07) is 10.5. The Hall–Kier alpha value is -1.30. The molecule has 0 spiro atoms. The maximum atomic E-state index is 9.70. The molecular weight excluding hydrogens is 270 g/mol. The Balaban J connectivity index is 2.14. The van der Waals surface area contributed by atoms with E-state index in [0.717, 1.165) is 18.8 Å². The van der Waals surface area contributed by atoms with E-state index >= 15 is 0 Å². The first-order chi connectivity index (χ1) is 9.70. The third-order valence-electron chi connectivity index (χ3n) is 3.42. The molecule has 0 aliphatic carbocycles. The molecule has 1 aromatic heterocycles. The molecule has 1 heterocycles. The monoisotopic (exact) mass is 291 g/mol. The number of benzene rings is 1. The molecular formula is C15H21N3OS. The number of hydrogen-bond donors (Lipinski definition) is 1. The van der Waals surface area contributed by atoms with Gasteiger partial charge in [0.2, 0.25) is 0 Å². The summed E-state index contributed by atoms with van der Waals surface area (Å²) in [5.74, 6) is 0.385. The predicted molar refractivity (Wildman–Crippen MR) is 81.3 cm³/mol. The van der Waals surface area contributed by atoms with Gasteiger partial charge in [0.25, 0.3) is 0 Å². The molecule has 0 saturated heterocycles. The normalized spacial score (nSPS) is 13.1. The van der Waals surface area contributed by atoms with Crippen molar-refractivity contribution < 1.29 is 5.11 Å². The van der Waals surface area contributed by atoms with Crippen molar-refractivity contribution in [2.24, 2.45) is 5.92 Å². The second-order valence-corrected chi connectivity index (χ2v) is 5.89. The lowest BCUT2D eigenvalue weighted by Crippen LogP contribution is -2.40. The summed E-state index contributed by atoms with van der Waals surface area (Å²) in [5.41, 5.74) is 2.21. The van der Waals surface area contributed by atoms with E-state index < -0.39 is 0 Å². The van der Waals surface area contributed by atoms with Crippen LogP contribution >= 0.6 is 11.5 Å². The van der Waals surface area contributed by atoms with Gasteiger partial charge in [-0.3, -0.25) is 4.90 Å². The fourth-order valence-corrected chi connectivity index (χ4v) is 2.76. The standard InChI is InChI=1S/C15H21N3OS/c1-12(2)15(10-19)18(9-14-11-20-17-16-14)8-13-6-4-3-5-7-13/h3-7,11-12,15,19H,8-10H2,1-2H3. The van der Waals surface area contributed by atoms with Crippen LogP contribution in [0.2, 0.25) is 0 Å². The summed E-state index contributed by atoms with van der Waals surface area (Å²) in [5, 5.41) is 15.8. The van der Waals surface area contributed by atoms with E-state index in [9.17, 15) is 5.11 Å². The molecule has 2 rings (SSSR count). The molecule has 0 bridgehead atoms. The largest absolute Gasteiger partial charge is 0.395 e. The molecule has 5 heteroatoms. The third-order valence-corrected chi connectivity index (χ3v) is 3.98. The maximum absolute atomic E-state index is 9.70. The van der Waals surface area contributed by atoms with Crippen molar-refractivity contribution in [1.29, 1.82) is 0 Å². The van der Waals surface area contributed by atoms with Crippen LogP contribution in [0.4, 0.5) is 0 Å². The quantitative estimate of drug-likeness (QED) is 0.852. The van der Waals surface area contributed by atoms with Crippen LogP contribution in [-0.4, -0.2) is 32.2 Å². The second-order valence-electron chi connectivity index (χ2n) is 5.28. The van der Waals surface area contributed by atoms with Crippen LogP contribution in [0, 0.1) is 5.92 Å². The number of aliphatic hydroxyl groups excluding tert-OH is 1. The van der Waals surface area contributed by atoms with Crippen molar-refractivity contribution in [3.63, 3.8) is 0 Å². The Morgan fingerprint density at radius 3 is 2.50 bits per heavy atom. The van der Waals surface area contributed by atoms with Gasteiger partial charge in [0, 0.05) is 24.5 Å². The van der Waals surface area contributed by atoms with E-state index in [1.807, 2.05) is 23.6 Å². The molecule has 1 aromatic carbocycles. The van der Waals surface area contributed by atoms with Crippen LogP contribution < -0.4 is 0 Å². The number of aliphatic hydroxyl groups is 1. The van der Waals surface area contributed by atoms with E-state index in [0.29, 0.717) is 5.92 Å². The summed E-state index contributed by atoms with van der Waals surface area (Å²) >= 11 is 1.37. The van der Waals surface area contributed by atoms with Crippen molar-refractivity contribution >= 4 is 11.5 Å². The number of nitrogens with zero attached hydrogens (tertiary/aromatic N) is 3. The first-order valence-electron chi connectivity index (χ1n) is 6.85. The van der Waals surface area contributed by atoms with Gasteiger partial charge < -0.3 is 5.11 Å². The van der Waals surface area contributed by atoms with E-state index in [4.69, 9.17) is 0 Å². The minimum atomic E-state index is 0.122. The number of aromatic nitrogens is 2. The van der Waals surface area contributed by atoms with Gasteiger partial charge in [-0.05, 0) is 23.0 Å². The first-order valence-corrected chi connectivity index (χ1v) is 7.69. The molecule has 108 valence electrons. The molecule has 0 amide bonds. The molecule has 4 nitrogen and oxygen atoms in total. The first kappa shape index (κ1) is 15.1. The highest BCUT2D eigenvalue weighted by molar-refractivity contribution is 7.03. The van der Waals surface area contributed by atoms with Gasteiger partial charge >= 0.3 is 0 Å². The minimum absolute atomic E-state index is 0.122. The van der Waals surface area contributed by atoms with Crippen LogP contribution in [0.25, 0.3) is 0 Å². The molecule has 0 fully saturated rings. The highest BCUT2D eigenvalue weighted by Crippen LogP contribution is 2.17. The molecule has 0 radical (unpaired) electrons. The van der Waals surface area contributed by atoms with Gasteiger partial charge in [0.15, 0.2) is 0 Å². The zero-order chi connectivity index (χ0) is 14.4. The Labute approximate surface area is 124 Å². The molecule has 1 unspecified atom stereocenters. The average molecular weight is 291 g/mol. The fourth-order valence-electron chi connectivity index (χ4n) is 2.32. The van der Waals surface area contributed by atoms with Crippen molar-refractivity contribution in [2.45, 2.75) is 33.0 Å². The Morgan fingerprint density at radius 2 is 1.95 bits per heavy atom. The number of rotatable bonds is 7. The Kier molecular flexibility index (Phi) is 5.64. The molecule has 1 N–H and O–H groups in total. The minimum Gasteiger partial charge on any atom is -0.395 e. The lowest BCUT2D eigenvalue weighted by atomic mass is 10.0. The van der Waals surface area contributed by atoms with Crippen LogP contribution in [0.1, 0.15) is 25.1 Å². The second kappa shape index (κ2) is 7.47. The van der Waals surface area contributed by atoms with Crippen LogP contribution in [0.15, 0.2) is 35.7 Å².